The second kappa shape index (κ2) is 9.65. The van der Waals surface area contributed by atoms with Crippen LogP contribution in [0.2, 0.25) is 0 Å². The van der Waals surface area contributed by atoms with E-state index in [9.17, 15) is 10.0 Å². The number of H-pyrrole nitrogens is 1. The van der Waals surface area contributed by atoms with E-state index in [-0.39, 0.29) is 5.56 Å². The predicted molar refractivity (Wildman–Crippen MR) is 116 cm³/mol. The Hall–Kier alpha value is -2.74. The van der Waals surface area contributed by atoms with Crippen LogP contribution in [0.15, 0.2) is 46.1 Å². The van der Waals surface area contributed by atoms with Crippen LogP contribution in [-0.4, -0.2) is 21.5 Å². The number of halogens is 1. The third-order valence-corrected chi connectivity index (χ3v) is 5.31. The van der Waals surface area contributed by atoms with Crippen molar-refractivity contribution in [1.29, 1.82) is 0 Å². The fourth-order valence-corrected chi connectivity index (χ4v) is 3.59. The van der Waals surface area contributed by atoms with Gasteiger partial charge in [0.1, 0.15) is 0 Å². The Morgan fingerprint density at radius 3 is 2.76 bits per heavy atom. The number of unbranched alkanes of at least 4 members (excludes halogenated alkanes) is 1. The molecule has 0 radical (unpaired) electrons. The molecule has 3 heterocycles. The number of hydrogen-bond acceptors (Lipinski definition) is 5. The number of nitrogens with zero attached hydrogens (tertiary/aromatic N) is 3. The van der Waals surface area contributed by atoms with Crippen LogP contribution in [-0.2, 0) is 12.8 Å². The van der Waals surface area contributed by atoms with Crippen molar-refractivity contribution in [1.82, 2.24) is 15.0 Å². The number of pyridine rings is 2. The van der Waals surface area contributed by atoms with Gasteiger partial charge in [0.2, 0.25) is 5.95 Å². The Morgan fingerprint density at radius 1 is 1.21 bits per heavy atom. The highest BCUT2D eigenvalue weighted by Crippen LogP contribution is 2.17. The molecule has 0 unspecified atom stereocenters. The van der Waals surface area contributed by atoms with Crippen molar-refractivity contribution in [2.75, 3.05) is 11.9 Å². The lowest BCUT2D eigenvalue weighted by Crippen LogP contribution is -2.30. The number of rotatable bonds is 8. The molecule has 0 fully saturated rings. The molecule has 3 aromatic rings. The minimum atomic E-state index is -0.201. The number of hydrogen-bond donors (Lipinski definition) is 2. The molecule has 0 saturated carbocycles. The van der Waals surface area contributed by atoms with E-state index >= 15 is 0 Å². The van der Waals surface area contributed by atoms with Crippen molar-refractivity contribution in [3.05, 3.63) is 84.9 Å². The van der Waals surface area contributed by atoms with Gasteiger partial charge in [0.05, 0.1) is 5.69 Å². The van der Waals surface area contributed by atoms with Gasteiger partial charge in [-0.1, -0.05) is 0 Å². The van der Waals surface area contributed by atoms with Gasteiger partial charge in [0.25, 0.3) is 5.56 Å². The monoisotopic (exact) mass is 457 g/mol. The maximum atomic E-state index is 12.3. The van der Waals surface area contributed by atoms with Gasteiger partial charge in [0.15, 0.2) is 11.9 Å². The minimum Gasteiger partial charge on any atom is -0.619 e. The topological polar surface area (TPSA) is 97.6 Å². The van der Waals surface area contributed by atoms with E-state index in [1.807, 2.05) is 19.2 Å². The molecule has 3 rings (SSSR count). The molecule has 3 aromatic heterocycles. The van der Waals surface area contributed by atoms with E-state index in [1.54, 1.807) is 19.2 Å². The second-order valence-electron chi connectivity index (χ2n) is 7.09. The standard InChI is InChI=1S/C21H24BrN5O2/c1-14-9-18(22)19(24-11-14)5-3-4-8-23-21-25-12-17(20(28)26-21)10-16-7-6-15(2)27(29)13-16/h6-7,9,11-13H,3-5,8,10H2,1-2H3,(H2,23,25,26,28). The van der Waals surface area contributed by atoms with Crippen molar-refractivity contribution < 1.29 is 4.73 Å². The van der Waals surface area contributed by atoms with Crippen molar-refractivity contribution in [3.63, 3.8) is 0 Å². The molecule has 2 N–H and O–H groups in total. The summed E-state index contributed by atoms with van der Waals surface area (Å²) in [4.78, 5) is 23.8. The van der Waals surface area contributed by atoms with Crippen molar-refractivity contribution in [3.8, 4) is 0 Å². The van der Waals surface area contributed by atoms with E-state index in [0.717, 1.165) is 45.3 Å². The molecule has 0 amide bonds. The predicted octanol–water partition coefficient (Wildman–Crippen LogP) is 3.20. The number of anilines is 1. The van der Waals surface area contributed by atoms with Crippen LogP contribution in [0.3, 0.4) is 0 Å². The molecular weight excluding hydrogens is 434 g/mol. The highest BCUT2D eigenvalue weighted by molar-refractivity contribution is 9.10. The zero-order valence-electron chi connectivity index (χ0n) is 16.5. The Bertz CT molecular complexity index is 1050. The molecule has 29 heavy (non-hydrogen) atoms. The van der Waals surface area contributed by atoms with Crippen LogP contribution in [0.5, 0.6) is 0 Å². The fourth-order valence-electron chi connectivity index (χ4n) is 2.93. The third kappa shape index (κ3) is 5.87. The van der Waals surface area contributed by atoms with Crippen LogP contribution in [0.25, 0.3) is 0 Å². The summed E-state index contributed by atoms with van der Waals surface area (Å²) in [7, 11) is 0. The SMILES string of the molecule is Cc1cnc(CCCCNc2ncc(Cc3ccc(C)[n+]([O-])c3)c(=O)[nH]2)c(Br)c1. The normalized spacial score (nSPS) is 10.9. The third-order valence-electron chi connectivity index (χ3n) is 4.62. The smallest absolute Gasteiger partial charge is 0.255 e. The molecule has 0 aromatic carbocycles. The van der Waals surface area contributed by atoms with Gasteiger partial charge in [-0.25, -0.2) is 4.98 Å². The molecule has 0 bridgehead atoms. The van der Waals surface area contributed by atoms with Crippen LogP contribution < -0.4 is 15.6 Å². The van der Waals surface area contributed by atoms with Crippen molar-refractivity contribution in [2.45, 2.75) is 39.5 Å². The molecule has 0 aliphatic carbocycles. The summed E-state index contributed by atoms with van der Waals surface area (Å²) in [5, 5.41) is 14.8. The first-order valence-corrected chi connectivity index (χ1v) is 10.3. The summed E-state index contributed by atoms with van der Waals surface area (Å²) in [6.07, 6.45) is 8.09. The zero-order valence-corrected chi connectivity index (χ0v) is 18.1. The second-order valence-corrected chi connectivity index (χ2v) is 7.95. The number of aromatic nitrogens is 4. The molecule has 0 aliphatic heterocycles. The van der Waals surface area contributed by atoms with Gasteiger partial charge in [0, 0.05) is 53.9 Å². The van der Waals surface area contributed by atoms with Gasteiger partial charge in [-0.2, -0.15) is 4.73 Å². The summed E-state index contributed by atoms with van der Waals surface area (Å²) >= 11 is 3.55. The van der Waals surface area contributed by atoms with E-state index < -0.39 is 0 Å². The van der Waals surface area contributed by atoms with Crippen LogP contribution in [0.4, 0.5) is 5.95 Å². The molecule has 8 heteroatoms. The Balaban J connectivity index is 1.48. The van der Waals surface area contributed by atoms with E-state index in [4.69, 9.17) is 0 Å². The Morgan fingerprint density at radius 2 is 2.03 bits per heavy atom. The summed E-state index contributed by atoms with van der Waals surface area (Å²) < 4.78 is 1.85. The summed E-state index contributed by atoms with van der Waals surface area (Å²) in [6, 6.07) is 5.66. The quantitative estimate of drug-likeness (QED) is 0.307. The van der Waals surface area contributed by atoms with Crippen molar-refractivity contribution in [2.24, 2.45) is 0 Å². The number of aromatic amines is 1. The highest BCUT2D eigenvalue weighted by atomic mass is 79.9. The van der Waals surface area contributed by atoms with E-state index in [2.05, 4.69) is 42.3 Å². The fraction of sp³-hybridized carbons (Fsp3) is 0.333. The first-order valence-electron chi connectivity index (χ1n) is 9.54. The van der Waals surface area contributed by atoms with Crippen LogP contribution in [0, 0.1) is 19.1 Å². The van der Waals surface area contributed by atoms with Gasteiger partial charge in [-0.3, -0.25) is 14.8 Å². The lowest BCUT2D eigenvalue weighted by atomic mass is 10.1. The number of nitrogens with one attached hydrogen (secondary N) is 2. The Labute approximate surface area is 178 Å². The van der Waals surface area contributed by atoms with Gasteiger partial charge in [-0.05, 0) is 59.8 Å². The van der Waals surface area contributed by atoms with Crippen LogP contribution in [0.1, 0.15) is 40.9 Å². The molecule has 0 aliphatic rings. The highest BCUT2D eigenvalue weighted by Gasteiger charge is 2.08. The van der Waals surface area contributed by atoms with E-state index in [0.29, 0.717) is 30.2 Å². The van der Waals surface area contributed by atoms with Crippen LogP contribution >= 0.6 is 15.9 Å². The summed E-state index contributed by atoms with van der Waals surface area (Å²) in [5.74, 6) is 0.455. The summed E-state index contributed by atoms with van der Waals surface area (Å²) in [5.41, 5.74) is 3.90. The zero-order chi connectivity index (χ0) is 20.8. The average Bonchev–Trinajstić information content (AvgIpc) is 2.68. The molecule has 0 saturated heterocycles. The lowest BCUT2D eigenvalue weighted by molar-refractivity contribution is -0.612. The van der Waals surface area contributed by atoms with Gasteiger partial charge < -0.3 is 10.5 Å². The first-order chi connectivity index (χ1) is 13.9. The minimum absolute atomic E-state index is 0.201. The van der Waals surface area contributed by atoms with Crippen molar-refractivity contribution >= 4 is 21.9 Å². The molecule has 0 atom stereocenters. The van der Waals surface area contributed by atoms with E-state index in [1.165, 1.54) is 6.20 Å². The molecule has 0 spiro atoms. The first kappa shape index (κ1) is 21.0. The number of aryl methyl sites for hydroxylation is 3. The lowest BCUT2D eigenvalue weighted by Gasteiger charge is -2.08. The molecule has 152 valence electrons. The van der Waals surface area contributed by atoms with Gasteiger partial charge in [-0.15, -0.1) is 0 Å². The average molecular weight is 458 g/mol. The maximum absolute atomic E-state index is 12.3. The van der Waals surface area contributed by atoms with Gasteiger partial charge >= 0.3 is 0 Å². The molecule has 7 nitrogen and oxygen atoms in total. The Kier molecular flexibility index (Phi) is 6.98. The summed E-state index contributed by atoms with van der Waals surface area (Å²) in [6.45, 7) is 4.47. The molecular formula is C21H24BrN5O2. The largest absolute Gasteiger partial charge is 0.619 e. The maximum Gasteiger partial charge on any atom is 0.255 e.